The summed E-state index contributed by atoms with van der Waals surface area (Å²) >= 11 is 0. The average Bonchev–Trinajstić information content (AvgIpc) is 2.69. The maximum atomic E-state index is 2.36. The molecule has 0 saturated heterocycles. The number of unbranched alkanes of at least 4 members (excludes halogenated alkanes) is 19. The quantitative estimate of drug-likeness (QED) is 0.118. The third-order valence-corrected chi connectivity index (χ3v) is 8.60. The third kappa shape index (κ3) is 22.5. The summed E-state index contributed by atoms with van der Waals surface area (Å²) in [5, 5.41) is 0. The molecule has 27 heavy (non-hydrogen) atoms. The van der Waals surface area contributed by atoms with Crippen molar-refractivity contribution in [2.75, 3.05) is 17.3 Å². The van der Waals surface area contributed by atoms with E-state index < -0.39 is 0 Å². The largest absolute Gasteiger partial charge is 0.108 e. The standard InChI is InChI=1S/C26H55S/c1-4-7-8-9-10-11-12-13-14-15-16-17-18-19-20-21-22-23-24-25-26-27(5-2)6-3/h4-26H2,1-3H3/q+1. The van der Waals surface area contributed by atoms with Gasteiger partial charge in [0.2, 0.25) is 0 Å². The number of hydrogen-bond acceptors (Lipinski definition) is 0. The van der Waals surface area contributed by atoms with Crippen LogP contribution in [0, 0.1) is 0 Å². The van der Waals surface area contributed by atoms with Crippen LogP contribution in [-0.4, -0.2) is 17.3 Å². The molecule has 0 rings (SSSR count). The van der Waals surface area contributed by atoms with Crippen molar-refractivity contribution < 1.29 is 0 Å². The highest BCUT2D eigenvalue weighted by Crippen LogP contribution is 2.15. The minimum atomic E-state index is 0.742. The van der Waals surface area contributed by atoms with E-state index in [-0.39, 0.29) is 0 Å². The molecule has 0 unspecified atom stereocenters. The topological polar surface area (TPSA) is 0 Å². The zero-order valence-electron chi connectivity index (χ0n) is 19.7. The highest BCUT2D eigenvalue weighted by molar-refractivity contribution is 7.96. The Bertz CT molecular complexity index is 247. The first-order valence-corrected chi connectivity index (χ1v) is 14.7. The highest BCUT2D eigenvalue weighted by atomic mass is 32.2. The van der Waals surface area contributed by atoms with Crippen LogP contribution < -0.4 is 0 Å². The van der Waals surface area contributed by atoms with Crippen LogP contribution in [0.15, 0.2) is 0 Å². The first kappa shape index (κ1) is 27.4. The molecule has 0 aliphatic heterocycles. The van der Waals surface area contributed by atoms with E-state index in [0.29, 0.717) is 0 Å². The summed E-state index contributed by atoms with van der Waals surface area (Å²) in [6.45, 7) is 7.03. The van der Waals surface area contributed by atoms with Crippen LogP contribution in [0.25, 0.3) is 0 Å². The predicted molar refractivity (Wildman–Crippen MR) is 131 cm³/mol. The molecule has 0 spiro atoms. The van der Waals surface area contributed by atoms with Crippen molar-refractivity contribution in [2.45, 2.75) is 149 Å². The minimum Gasteiger partial charge on any atom is -0.0654 e. The summed E-state index contributed by atoms with van der Waals surface area (Å²) in [5.41, 5.74) is 0. The predicted octanol–water partition coefficient (Wildman–Crippen LogP) is 9.47. The lowest BCUT2D eigenvalue weighted by molar-refractivity contribution is 0.523. The molecule has 0 aliphatic carbocycles. The van der Waals surface area contributed by atoms with E-state index in [1.807, 2.05) is 0 Å². The second-order valence-corrected chi connectivity index (χ2v) is 11.4. The Morgan fingerprint density at radius 2 is 0.593 bits per heavy atom. The van der Waals surface area contributed by atoms with Gasteiger partial charge in [-0.1, -0.05) is 122 Å². The van der Waals surface area contributed by atoms with Crippen LogP contribution >= 0.6 is 0 Å². The summed E-state index contributed by atoms with van der Waals surface area (Å²) in [5.74, 6) is 4.33. The zero-order chi connectivity index (χ0) is 19.8. The zero-order valence-corrected chi connectivity index (χ0v) is 20.5. The van der Waals surface area contributed by atoms with Gasteiger partial charge in [0.05, 0.1) is 0 Å². The van der Waals surface area contributed by atoms with E-state index in [1.54, 1.807) is 0 Å². The van der Waals surface area contributed by atoms with Crippen LogP contribution in [0.5, 0.6) is 0 Å². The summed E-state index contributed by atoms with van der Waals surface area (Å²) in [4.78, 5) is 0. The Morgan fingerprint density at radius 3 is 0.852 bits per heavy atom. The molecule has 0 bridgehead atoms. The van der Waals surface area contributed by atoms with E-state index in [9.17, 15) is 0 Å². The Hall–Kier alpha value is 0.350. The first-order valence-electron chi connectivity index (χ1n) is 13.0. The molecule has 0 aromatic heterocycles. The van der Waals surface area contributed by atoms with Crippen LogP contribution in [0.4, 0.5) is 0 Å². The third-order valence-electron chi connectivity index (χ3n) is 6.10. The minimum absolute atomic E-state index is 0.742. The molecule has 0 N–H and O–H groups in total. The molecule has 1 heteroatoms. The van der Waals surface area contributed by atoms with Gasteiger partial charge < -0.3 is 0 Å². The summed E-state index contributed by atoms with van der Waals surface area (Å²) in [7, 11) is 0.742. The normalized spacial score (nSPS) is 11.6. The second-order valence-electron chi connectivity index (χ2n) is 8.61. The van der Waals surface area contributed by atoms with Gasteiger partial charge >= 0.3 is 0 Å². The Kier molecular flexibility index (Phi) is 24.7. The van der Waals surface area contributed by atoms with E-state index >= 15 is 0 Å². The lowest BCUT2D eigenvalue weighted by Crippen LogP contribution is -2.12. The second kappa shape index (κ2) is 24.4. The SMILES string of the molecule is CCCCCCCCCCCCCCCCCCCCCC[S+](CC)CC. The van der Waals surface area contributed by atoms with Crippen LogP contribution in [0.3, 0.4) is 0 Å². The smallest absolute Gasteiger partial charge is 0.0654 e. The highest BCUT2D eigenvalue weighted by Gasteiger charge is 2.10. The van der Waals surface area contributed by atoms with Gasteiger partial charge in [0.15, 0.2) is 0 Å². The van der Waals surface area contributed by atoms with Crippen LogP contribution in [0.2, 0.25) is 0 Å². The van der Waals surface area contributed by atoms with E-state index in [2.05, 4.69) is 20.8 Å². The molecule has 0 amide bonds. The lowest BCUT2D eigenvalue weighted by atomic mass is 10.0. The van der Waals surface area contributed by atoms with Crippen molar-refractivity contribution >= 4 is 10.9 Å². The molecule has 0 aliphatic rings. The molecule has 0 heterocycles. The fourth-order valence-corrected chi connectivity index (χ4v) is 5.65. The number of rotatable bonds is 23. The van der Waals surface area contributed by atoms with Gasteiger partial charge in [0.25, 0.3) is 0 Å². The van der Waals surface area contributed by atoms with E-state index in [1.165, 1.54) is 146 Å². The monoisotopic (exact) mass is 399 g/mol. The van der Waals surface area contributed by atoms with Gasteiger partial charge in [0, 0.05) is 0 Å². The van der Waals surface area contributed by atoms with E-state index in [4.69, 9.17) is 0 Å². The average molecular weight is 400 g/mol. The molecule has 0 radical (unpaired) electrons. The maximum Gasteiger partial charge on any atom is 0.108 e. The summed E-state index contributed by atoms with van der Waals surface area (Å²) < 4.78 is 0. The molecular formula is C26H55S+. The van der Waals surface area contributed by atoms with Crippen molar-refractivity contribution in [3.05, 3.63) is 0 Å². The maximum absolute atomic E-state index is 2.36. The first-order chi connectivity index (χ1) is 13.3. The van der Waals surface area contributed by atoms with Crippen molar-refractivity contribution in [3.8, 4) is 0 Å². The molecule has 0 atom stereocenters. The summed E-state index contributed by atoms with van der Waals surface area (Å²) in [6, 6.07) is 0. The van der Waals surface area contributed by atoms with Crippen molar-refractivity contribution in [2.24, 2.45) is 0 Å². The Morgan fingerprint density at radius 1 is 0.333 bits per heavy atom. The van der Waals surface area contributed by atoms with Crippen molar-refractivity contribution in [1.29, 1.82) is 0 Å². The van der Waals surface area contributed by atoms with Gasteiger partial charge in [-0.15, -0.1) is 0 Å². The van der Waals surface area contributed by atoms with E-state index in [0.717, 1.165) is 10.9 Å². The van der Waals surface area contributed by atoms with Gasteiger partial charge in [-0.2, -0.15) is 0 Å². The lowest BCUT2D eigenvalue weighted by Gasteiger charge is -2.05. The Labute approximate surface area is 177 Å². The van der Waals surface area contributed by atoms with Crippen molar-refractivity contribution in [1.82, 2.24) is 0 Å². The Balaban J connectivity index is 3.03. The molecule has 0 saturated carbocycles. The summed E-state index contributed by atoms with van der Waals surface area (Å²) in [6.07, 6.45) is 29.6. The van der Waals surface area contributed by atoms with Gasteiger partial charge in [-0.3, -0.25) is 0 Å². The van der Waals surface area contributed by atoms with Crippen LogP contribution in [0.1, 0.15) is 149 Å². The van der Waals surface area contributed by atoms with Gasteiger partial charge in [-0.25, -0.2) is 0 Å². The van der Waals surface area contributed by atoms with Gasteiger partial charge in [-0.05, 0) is 37.6 Å². The van der Waals surface area contributed by atoms with Crippen molar-refractivity contribution in [3.63, 3.8) is 0 Å². The molecular weight excluding hydrogens is 344 g/mol. The van der Waals surface area contributed by atoms with Crippen LogP contribution in [-0.2, 0) is 10.9 Å². The molecule has 0 nitrogen and oxygen atoms in total. The number of hydrogen-bond donors (Lipinski definition) is 0. The molecule has 164 valence electrons. The van der Waals surface area contributed by atoms with Gasteiger partial charge in [0.1, 0.15) is 17.3 Å². The molecule has 0 aromatic carbocycles. The molecule has 0 aromatic rings. The fraction of sp³-hybridized carbons (Fsp3) is 1.00. The molecule has 0 fully saturated rings. The fourth-order valence-electron chi connectivity index (χ4n) is 4.05.